The molecule has 1 aromatic rings. The molecule has 0 bridgehead atoms. The smallest absolute Gasteiger partial charge is 0.338 e. The molecule has 2 aliphatic carbocycles. The van der Waals surface area contributed by atoms with Crippen molar-refractivity contribution >= 4 is 17.7 Å². The summed E-state index contributed by atoms with van der Waals surface area (Å²) in [7, 11) is 0. The zero-order valence-corrected chi connectivity index (χ0v) is 22.6. The normalized spacial score (nSPS) is 41.9. The van der Waals surface area contributed by atoms with Gasteiger partial charge < -0.3 is 24.4 Å². The van der Waals surface area contributed by atoms with Gasteiger partial charge in [-0.3, -0.25) is 9.59 Å². The van der Waals surface area contributed by atoms with Crippen LogP contribution in [0, 0.1) is 22.7 Å². The minimum Gasteiger partial charge on any atom is -0.455 e. The molecule has 8 unspecified atom stereocenters. The van der Waals surface area contributed by atoms with E-state index in [-0.39, 0.29) is 24.4 Å². The topological polar surface area (TPSA) is 119 Å². The summed E-state index contributed by atoms with van der Waals surface area (Å²) in [4.78, 5) is 40.2. The maximum Gasteiger partial charge on any atom is 0.338 e. The molecular formula is C29H38O8. The van der Waals surface area contributed by atoms with Crippen LogP contribution < -0.4 is 0 Å². The molecule has 37 heavy (non-hydrogen) atoms. The molecule has 1 aliphatic heterocycles. The highest BCUT2D eigenvalue weighted by Crippen LogP contribution is 2.62. The molecule has 0 amide bonds. The zero-order valence-electron chi connectivity index (χ0n) is 22.6. The highest BCUT2D eigenvalue weighted by molar-refractivity contribution is 5.92. The van der Waals surface area contributed by atoms with Crippen LogP contribution in [0.5, 0.6) is 0 Å². The predicted octanol–water partition coefficient (Wildman–Crippen LogP) is 3.24. The van der Waals surface area contributed by atoms with Crippen LogP contribution in [0.2, 0.25) is 0 Å². The van der Waals surface area contributed by atoms with E-state index in [4.69, 9.17) is 14.2 Å². The van der Waals surface area contributed by atoms with Crippen molar-refractivity contribution in [1.29, 1.82) is 0 Å². The number of Topliss-reactive ketones (excluding diaryl/α,β-unsaturated/α-hetero) is 1. The molecule has 0 aromatic heterocycles. The Hall–Kier alpha value is -2.55. The molecule has 2 saturated carbocycles. The first kappa shape index (κ1) is 27.5. The molecule has 2 N–H and O–H groups in total. The summed E-state index contributed by atoms with van der Waals surface area (Å²) in [6.07, 6.45) is -1.37. The number of allylic oxidation sites excluding steroid dienone is 1. The van der Waals surface area contributed by atoms with Gasteiger partial charge in [-0.05, 0) is 32.9 Å². The standard InChI is InChI=1S/C29H38O8/c1-8-19-16(2)23(32)27(6)20(31)14-21-29(15-35-21,37-17(3)30)22(27)24(28(7,34)26(19,4)5)36-25(33)18-12-10-9-11-13-18/h8-13,16,20-22,24,31,34H,14-15H2,1-7H3/b19-8+. The van der Waals surface area contributed by atoms with Crippen LogP contribution in [0.4, 0.5) is 0 Å². The van der Waals surface area contributed by atoms with E-state index in [1.165, 1.54) is 6.92 Å². The van der Waals surface area contributed by atoms with Gasteiger partial charge in [0, 0.05) is 24.7 Å². The van der Waals surface area contributed by atoms with Gasteiger partial charge in [-0.2, -0.15) is 0 Å². The van der Waals surface area contributed by atoms with Gasteiger partial charge in [-0.15, -0.1) is 0 Å². The van der Waals surface area contributed by atoms with Crippen LogP contribution in [-0.2, 0) is 23.8 Å². The quantitative estimate of drug-likeness (QED) is 0.466. The fourth-order valence-electron chi connectivity index (χ4n) is 7.07. The van der Waals surface area contributed by atoms with E-state index in [1.54, 1.807) is 58.0 Å². The number of hydrogen-bond acceptors (Lipinski definition) is 8. The number of esters is 2. The maximum atomic E-state index is 14.3. The van der Waals surface area contributed by atoms with E-state index >= 15 is 0 Å². The van der Waals surface area contributed by atoms with Gasteiger partial charge in [0.25, 0.3) is 0 Å². The van der Waals surface area contributed by atoms with Crippen LogP contribution in [0.1, 0.15) is 65.2 Å². The van der Waals surface area contributed by atoms with E-state index in [0.717, 1.165) is 0 Å². The minimum atomic E-state index is -1.75. The Balaban J connectivity index is 2.01. The maximum absolute atomic E-state index is 14.3. The highest BCUT2D eigenvalue weighted by Gasteiger charge is 2.76. The summed E-state index contributed by atoms with van der Waals surface area (Å²) < 4.78 is 17.8. The second-order valence-electron chi connectivity index (χ2n) is 11.7. The van der Waals surface area contributed by atoms with Crippen molar-refractivity contribution in [2.75, 3.05) is 6.61 Å². The Morgan fingerprint density at radius 2 is 1.76 bits per heavy atom. The lowest BCUT2D eigenvalue weighted by Crippen LogP contribution is -2.80. The molecule has 202 valence electrons. The number of hydrogen-bond donors (Lipinski definition) is 2. The Morgan fingerprint density at radius 1 is 1.14 bits per heavy atom. The third kappa shape index (κ3) is 3.79. The van der Waals surface area contributed by atoms with E-state index in [9.17, 15) is 24.6 Å². The van der Waals surface area contributed by atoms with Gasteiger partial charge in [-0.25, -0.2) is 4.79 Å². The van der Waals surface area contributed by atoms with Crippen molar-refractivity contribution in [3.8, 4) is 0 Å². The summed E-state index contributed by atoms with van der Waals surface area (Å²) >= 11 is 0. The first-order valence-electron chi connectivity index (χ1n) is 12.8. The zero-order chi connectivity index (χ0) is 27.6. The van der Waals surface area contributed by atoms with Crippen LogP contribution in [0.25, 0.3) is 0 Å². The van der Waals surface area contributed by atoms with E-state index in [1.807, 2.05) is 19.9 Å². The summed E-state index contributed by atoms with van der Waals surface area (Å²) in [5, 5.41) is 23.9. The van der Waals surface area contributed by atoms with E-state index in [0.29, 0.717) is 5.57 Å². The number of aliphatic hydroxyl groups excluding tert-OH is 1. The molecule has 3 aliphatic rings. The van der Waals surface area contributed by atoms with Crippen molar-refractivity contribution in [3.05, 3.63) is 47.5 Å². The van der Waals surface area contributed by atoms with Crippen LogP contribution in [0.15, 0.2) is 42.0 Å². The van der Waals surface area contributed by atoms with Crippen LogP contribution >= 0.6 is 0 Å². The Morgan fingerprint density at radius 3 is 2.27 bits per heavy atom. The third-order valence-corrected chi connectivity index (χ3v) is 9.48. The van der Waals surface area contributed by atoms with Crippen molar-refractivity contribution < 1.29 is 38.8 Å². The molecule has 4 rings (SSSR count). The summed E-state index contributed by atoms with van der Waals surface area (Å²) in [6.45, 7) is 11.6. The van der Waals surface area contributed by atoms with Crippen LogP contribution in [0.3, 0.4) is 0 Å². The first-order chi connectivity index (χ1) is 17.2. The lowest BCUT2D eigenvalue weighted by molar-refractivity contribution is -0.342. The number of carbonyl (C=O) groups is 3. The molecule has 8 heteroatoms. The Bertz CT molecular complexity index is 1120. The third-order valence-electron chi connectivity index (χ3n) is 9.48. The molecule has 1 saturated heterocycles. The predicted molar refractivity (Wildman–Crippen MR) is 134 cm³/mol. The van der Waals surface area contributed by atoms with Gasteiger partial charge in [0.15, 0.2) is 5.60 Å². The molecule has 3 fully saturated rings. The number of ketones is 1. The molecule has 1 heterocycles. The number of carbonyl (C=O) groups excluding carboxylic acids is 3. The molecule has 8 atom stereocenters. The lowest BCUT2D eigenvalue weighted by atomic mass is 9.46. The number of ether oxygens (including phenoxy) is 3. The fourth-order valence-corrected chi connectivity index (χ4v) is 7.07. The number of rotatable bonds is 3. The van der Waals surface area contributed by atoms with E-state index < -0.39 is 64.1 Å². The average molecular weight is 515 g/mol. The van der Waals surface area contributed by atoms with Gasteiger partial charge in [-0.1, -0.05) is 50.6 Å². The molecule has 0 radical (unpaired) electrons. The van der Waals surface area contributed by atoms with Crippen molar-refractivity contribution in [3.63, 3.8) is 0 Å². The number of aliphatic hydroxyl groups is 2. The molecule has 1 aromatic carbocycles. The summed E-state index contributed by atoms with van der Waals surface area (Å²) in [5.74, 6) is -3.29. The van der Waals surface area contributed by atoms with Crippen molar-refractivity contribution in [2.45, 2.75) is 84.4 Å². The number of benzene rings is 1. The minimum absolute atomic E-state index is 0.0434. The second-order valence-corrected chi connectivity index (χ2v) is 11.7. The van der Waals surface area contributed by atoms with E-state index in [2.05, 4.69) is 0 Å². The highest BCUT2D eigenvalue weighted by atomic mass is 16.6. The summed E-state index contributed by atoms with van der Waals surface area (Å²) in [6, 6.07) is 8.36. The van der Waals surface area contributed by atoms with Crippen molar-refractivity contribution in [1.82, 2.24) is 0 Å². The number of fused-ring (bicyclic) bond motifs is 3. The molecule has 0 spiro atoms. The van der Waals surface area contributed by atoms with Crippen molar-refractivity contribution in [2.24, 2.45) is 22.7 Å². The molecule has 8 nitrogen and oxygen atoms in total. The second kappa shape index (κ2) is 9.03. The largest absolute Gasteiger partial charge is 0.455 e. The SMILES string of the molecule is C/C=C1\C(C)C(=O)C2(C)C(O)CC3OCC3(OC(C)=O)C2C(OC(=O)c2ccccc2)C(C)(O)C1(C)C. The lowest BCUT2D eigenvalue weighted by Gasteiger charge is -2.66. The van der Waals surface area contributed by atoms with Crippen LogP contribution in [-0.4, -0.2) is 64.1 Å². The first-order valence-corrected chi connectivity index (χ1v) is 12.8. The Kier molecular flexibility index (Phi) is 6.71. The average Bonchev–Trinajstić information content (AvgIpc) is 2.83. The fraction of sp³-hybridized carbons (Fsp3) is 0.621. The summed E-state index contributed by atoms with van der Waals surface area (Å²) in [5.41, 5.74) is -4.74. The molecular weight excluding hydrogens is 476 g/mol. The van der Waals surface area contributed by atoms with Gasteiger partial charge >= 0.3 is 11.9 Å². The monoisotopic (exact) mass is 514 g/mol. The van der Waals surface area contributed by atoms with Gasteiger partial charge in [0.05, 0.1) is 29.6 Å². The Labute approximate surface area is 218 Å². The van der Waals surface area contributed by atoms with Gasteiger partial charge in [0.1, 0.15) is 23.6 Å². The van der Waals surface area contributed by atoms with Gasteiger partial charge in [0.2, 0.25) is 0 Å².